The van der Waals surface area contributed by atoms with Crippen LogP contribution in [0.5, 0.6) is 0 Å². The average molecular weight is 216 g/mol. The molecule has 0 bridgehead atoms. The van der Waals surface area contributed by atoms with E-state index in [0.717, 1.165) is 6.08 Å². The topological polar surface area (TPSA) is 101 Å². The van der Waals surface area contributed by atoms with E-state index in [2.05, 4.69) is 17.9 Å². The van der Waals surface area contributed by atoms with Gasteiger partial charge in [0.2, 0.25) is 0 Å². The number of carbonyl (C=O) groups is 3. The van der Waals surface area contributed by atoms with Crippen molar-refractivity contribution in [2.45, 2.75) is 6.42 Å². The molecule has 84 valence electrons. The van der Waals surface area contributed by atoms with Gasteiger partial charge < -0.3 is 14.9 Å². The molecule has 0 fully saturated rings. The lowest BCUT2D eigenvalue weighted by atomic mass is 10.5. The lowest BCUT2D eigenvalue weighted by Gasteiger charge is -1.92. The molecule has 0 saturated carbocycles. The summed E-state index contributed by atoms with van der Waals surface area (Å²) in [6.07, 6.45) is 1.81. The highest BCUT2D eigenvalue weighted by Gasteiger charge is 2.01. The van der Waals surface area contributed by atoms with Crippen LogP contribution in [0.3, 0.4) is 0 Å². The van der Waals surface area contributed by atoms with Gasteiger partial charge in [-0.3, -0.25) is 9.59 Å². The van der Waals surface area contributed by atoms with E-state index in [1.807, 2.05) is 0 Å². The number of rotatable bonds is 5. The van der Waals surface area contributed by atoms with Crippen molar-refractivity contribution >= 4 is 17.9 Å². The number of esters is 1. The average Bonchev–Trinajstić information content (AvgIpc) is 2.12. The van der Waals surface area contributed by atoms with Gasteiger partial charge in [0.1, 0.15) is 13.0 Å². The molecule has 0 aliphatic heterocycles. The standard InChI is InChI=1S/C6H8O2.C3H4O4/c1-3-5-8-6(7)4-2;4-2(5)1-3(6)7/h3-4H,1-2,5H2;1H2,(H,4,5)(H,6,7). The summed E-state index contributed by atoms with van der Waals surface area (Å²) < 4.78 is 4.47. The van der Waals surface area contributed by atoms with Crippen molar-refractivity contribution in [1.82, 2.24) is 0 Å². The van der Waals surface area contributed by atoms with E-state index < -0.39 is 24.3 Å². The fourth-order valence-electron chi connectivity index (χ4n) is 0.329. The molecule has 15 heavy (non-hydrogen) atoms. The van der Waals surface area contributed by atoms with E-state index in [1.165, 1.54) is 6.08 Å². The van der Waals surface area contributed by atoms with Gasteiger partial charge in [0.05, 0.1) is 0 Å². The summed E-state index contributed by atoms with van der Waals surface area (Å²) >= 11 is 0. The molecule has 0 aromatic heterocycles. The maximum atomic E-state index is 10.2. The van der Waals surface area contributed by atoms with Crippen LogP contribution in [-0.4, -0.2) is 34.7 Å². The summed E-state index contributed by atoms with van der Waals surface area (Å²) in [5.74, 6) is -3.04. The van der Waals surface area contributed by atoms with Crippen LogP contribution in [0.1, 0.15) is 6.42 Å². The molecule has 0 spiro atoms. The smallest absolute Gasteiger partial charge is 0.330 e. The van der Waals surface area contributed by atoms with Gasteiger partial charge in [0, 0.05) is 6.08 Å². The Labute approximate surface area is 86.5 Å². The Balaban J connectivity index is 0. The number of ether oxygens (including phenoxy) is 1. The molecule has 2 N–H and O–H groups in total. The number of carboxylic acids is 2. The largest absolute Gasteiger partial charge is 0.481 e. The van der Waals surface area contributed by atoms with Crippen molar-refractivity contribution in [1.29, 1.82) is 0 Å². The van der Waals surface area contributed by atoms with E-state index in [1.54, 1.807) is 0 Å². The third kappa shape index (κ3) is 18.7. The Morgan fingerprint density at radius 3 is 1.80 bits per heavy atom. The summed E-state index contributed by atoms with van der Waals surface area (Å²) in [4.78, 5) is 29.0. The van der Waals surface area contributed by atoms with Crippen LogP contribution in [0.15, 0.2) is 25.3 Å². The fraction of sp³-hybridized carbons (Fsp3) is 0.222. The first-order valence-corrected chi connectivity index (χ1v) is 3.77. The molecule has 6 heteroatoms. The summed E-state index contributed by atoms with van der Waals surface area (Å²) in [7, 11) is 0. The number of aliphatic carboxylic acids is 2. The normalized spacial score (nSPS) is 7.73. The third-order valence-electron chi connectivity index (χ3n) is 0.813. The molecule has 0 rings (SSSR count). The van der Waals surface area contributed by atoms with Gasteiger partial charge in [-0.05, 0) is 0 Å². The summed E-state index contributed by atoms with van der Waals surface area (Å²) in [6.45, 7) is 6.81. The van der Waals surface area contributed by atoms with Gasteiger partial charge in [-0.2, -0.15) is 0 Å². The Morgan fingerprint density at radius 2 is 1.60 bits per heavy atom. The van der Waals surface area contributed by atoms with Crippen LogP contribution in [0.25, 0.3) is 0 Å². The molecule has 0 saturated heterocycles. The van der Waals surface area contributed by atoms with Crippen LogP contribution in [0, 0.1) is 0 Å². The van der Waals surface area contributed by atoms with E-state index in [0.29, 0.717) is 0 Å². The Kier molecular flexibility index (Phi) is 10.2. The van der Waals surface area contributed by atoms with Gasteiger partial charge in [-0.15, -0.1) is 0 Å². The van der Waals surface area contributed by atoms with Crippen molar-refractivity contribution in [3.05, 3.63) is 25.3 Å². The number of carbonyl (C=O) groups excluding carboxylic acids is 1. The first-order valence-electron chi connectivity index (χ1n) is 3.77. The highest BCUT2D eigenvalue weighted by Crippen LogP contribution is 1.77. The van der Waals surface area contributed by atoms with Crippen LogP contribution < -0.4 is 0 Å². The molecule has 0 heterocycles. The molecular weight excluding hydrogens is 204 g/mol. The molecule has 0 aliphatic carbocycles. The van der Waals surface area contributed by atoms with Crippen LogP contribution in [0.4, 0.5) is 0 Å². The highest BCUT2D eigenvalue weighted by atomic mass is 16.5. The van der Waals surface area contributed by atoms with Crippen LogP contribution >= 0.6 is 0 Å². The lowest BCUT2D eigenvalue weighted by Crippen LogP contribution is -2.03. The second-order valence-electron chi connectivity index (χ2n) is 2.09. The van der Waals surface area contributed by atoms with Crippen molar-refractivity contribution in [2.75, 3.05) is 6.61 Å². The van der Waals surface area contributed by atoms with Crippen LogP contribution in [-0.2, 0) is 19.1 Å². The SMILES string of the molecule is C=CCOC(=O)C=C.O=C(O)CC(=O)O. The molecule has 6 nitrogen and oxygen atoms in total. The molecular formula is C9H12O6. The number of hydrogen-bond donors (Lipinski definition) is 2. The summed E-state index contributed by atoms with van der Waals surface area (Å²) in [5, 5.41) is 15.4. The van der Waals surface area contributed by atoms with Crippen LogP contribution in [0.2, 0.25) is 0 Å². The molecule has 0 aromatic carbocycles. The predicted molar refractivity (Wildman–Crippen MR) is 51.2 cm³/mol. The summed E-state index contributed by atoms with van der Waals surface area (Å²) in [6, 6.07) is 0. The Morgan fingerprint density at radius 1 is 1.13 bits per heavy atom. The van der Waals surface area contributed by atoms with Crippen molar-refractivity contribution in [3.8, 4) is 0 Å². The Bertz CT molecular complexity index is 243. The van der Waals surface area contributed by atoms with E-state index >= 15 is 0 Å². The lowest BCUT2D eigenvalue weighted by molar-refractivity contribution is -0.147. The van der Waals surface area contributed by atoms with Gasteiger partial charge in [0.25, 0.3) is 0 Å². The molecule has 0 unspecified atom stereocenters. The zero-order valence-electron chi connectivity index (χ0n) is 8.01. The van der Waals surface area contributed by atoms with Gasteiger partial charge in [-0.1, -0.05) is 19.2 Å². The van der Waals surface area contributed by atoms with Gasteiger partial charge in [0.15, 0.2) is 0 Å². The molecule has 0 radical (unpaired) electrons. The number of hydrogen-bond acceptors (Lipinski definition) is 4. The minimum Gasteiger partial charge on any atom is -0.481 e. The van der Waals surface area contributed by atoms with E-state index in [9.17, 15) is 14.4 Å². The molecule has 0 atom stereocenters. The maximum Gasteiger partial charge on any atom is 0.330 e. The van der Waals surface area contributed by atoms with Gasteiger partial charge >= 0.3 is 17.9 Å². The summed E-state index contributed by atoms with van der Waals surface area (Å²) in [5.41, 5.74) is 0. The third-order valence-corrected chi connectivity index (χ3v) is 0.813. The maximum absolute atomic E-state index is 10.2. The van der Waals surface area contributed by atoms with Crippen molar-refractivity contribution in [3.63, 3.8) is 0 Å². The number of carboxylic acid groups (broad SMARTS) is 2. The van der Waals surface area contributed by atoms with E-state index in [4.69, 9.17) is 10.2 Å². The monoisotopic (exact) mass is 216 g/mol. The first kappa shape index (κ1) is 15.4. The zero-order valence-corrected chi connectivity index (χ0v) is 8.01. The second-order valence-corrected chi connectivity index (χ2v) is 2.09. The second kappa shape index (κ2) is 9.97. The zero-order chi connectivity index (χ0) is 12.3. The minimum atomic E-state index is -1.31. The fourth-order valence-corrected chi connectivity index (χ4v) is 0.329. The quantitative estimate of drug-likeness (QED) is 0.299. The highest BCUT2D eigenvalue weighted by molar-refractivity contribution is 5.88. The minimum absolute atomic E-state index is 0.255. The van der Waals surface area contributed by atoms with E-state index in [-0.39, 0.29) is 6.61 Å². The van der Waals surface area contributed by atoms with Crippen molar-refractivity contribution in [2.24, 2.45) is 0 Å². The van der Waals surface area contributed by atoms with Gasteiger partial charge in [-0.25, -0.2) is 4.79 Å². The Hall–Kier alpha value is -2.11. The molecule has 0 aliphatic rings. The molecule has 0 amide bonds. The predicted octanol–water partition coefficient (Wildman–Crippen LogP) is 0.447. The first-order chi connectivity index (χ1) is 6.93. The molecule has 0 aromatic rings. The van der Waals surface area contributed by atoms with Crippen molar-refractivity contribution < 1.29 is 29.3 Å².